The third-order valence-corrected chi connectivity index (χ3v) is 7.70. The van der Waals surface area contributed by atoms with Crippen LogP contribution in [0.5, 0.6) is 5.75 Å². The van der Waals surface area contributed by atoms with Gasteiger partial charge in [-0.15, -0.1) is 0 Å². The molecule has 0 unspecified atom stereocenters. The zero-order chi connectivity index (χ0) is 26.4. The van der Waals surface area contributed by atoms with Crippen molar-refractivity contribution in [2.75, 3.05) is 0 Å². The number of Topliss-reactive ketones (excluding diaryl/α,β-unsaturated/α-hetero) is 1. The molecule has 0 saturated heterocycles. The molecule has 1 amide bonds. The van der Waals surface area contributed by atoms with Crippen molar-refractivity contribution in [3.63, 3.8) is 0 Å². The highest BCUT2D eigenvalue weighted by Gasteiger charge is 2.46. The Bertz CT molecular complexity index is 1660. The second-order valence-corrected chi connectivity index (χ2v) is 9.66. The number of carbonyl (C=O) groups excluding carboxylic acids is 3. The highest BCUT2D eigenvalue weighted by Crippen LogP contribution is 2.47. The average Bonchev–Trinajstić information content (AvgIpc) is 3.24. The molecular weight excluding hydrogens is 485 g/mol. The number of aryl methyl sites for hydroxylation is 1. The van der Waals surface area contributed by atoms with E-state index in [-0.39, 0.29) is 49.1 Å². The quantitative estimate of drug-likeness (QED) is 0.280. The summed E-state index contributed by atoms with van der Waals surface area (Å²) >= 11 is 0. The van der Waals surface area contributed by atoms with Crippen LogP contribution in [0, 0.1) is 5.82 Å². The number of benzene rings is 1. The summed E-state index contributed by atoms with van der Waals surface area (Å²) in [5, 5.41) is 24.7. The number of amides is 1. The SMILES string of the molecule is CC[C@@]1(O)C(=O)OCc2c1cc1n(c2=O)Cc2c-1nc1cc(F)c(O)c3c1c2[C@@H](NC(=O)C(C)=O)CC3. The zero-order valence-electron chi connectivity index (χ0n) is 20.0. The molecule has 2 aromatic heterocycles. The second-order valence-electron chi connectivity index (χ2n) is 9.66. The third-order valence-electron chi connectivity index (χ3n) is 7.70. The van der Waals surface area contributed by atoms with E-state index < -0.39 is 46.4 Å². The number of phenols is 1. The van der Waals surface area contributed by atoms with Crippen LogP contribution in [0.3, 0.4) is 0 Å². The van der Waals surface area contributed by atoms with Crippen molar-refractivity contribution < 1.29 is 33.7 Å². The van der Waals surface area contributed by atoms with Gasteiger partial charge in [0.1, 0.15) is 6.61 Å². The number of hydrogen-bond acceptors (Lipinski definition) is 8. The summed E-state index contributed by atoms with van der Waals surface area (Å²) in [4.78, 5) is 54.6. The summed E-state index contributed by atoms with van der Waals surface area (Å²) in [6, 6.07) is 1.98. The molecule has 0 radical (unpaired) electrons. The van der Waals surface area contributed by atoms with Crippen molar-refractivity contribution in [2.45, 2.75) is 57.9 Å². The lowest BCUT2D eigenvalue weighted by molar-refractivity contribution is -0.172. The van der Waals surface area contributed by atoms with E-state index in [4.69, 9.17) is 4.74 Å². The normalized spacial score (nSPS) is 21.2. The van der Waals surface area contributed by atoms with Crippen molar-refractivity contribution >= 4 is 28.6 Å². The fourth-order valence-electron chi connectivity index (χ4n) is 5.78. The molecule has 1 aromatic carbocycles. The lowest BCUT2D eigenvalue weighted by Crippen LogP contribution is -2.44. The summed E-state index contributed by atoms with van der Waals surface area (Å²) in [5.74, 6) is -3.66. The lowest BCUT2D eigenvalue weighted by atomic mass is 9.82. The number of rotatable bonds is 3. The molecule has 11 heteroatoms. The number of aromatic hydroxyl groups is 1. The molecular formula is C26H22FN3O7. The van der Waals surface area contributed by atoms with Crippen LogP contribution < -0.4 is 10.9 Å². The van der Waals surface area contributed by atoms with Gasteiger partial charge in [-0.2, -0.15) is 0 Å². The first-order valence-corrected chi connectivity index (χ1v) is 11.9. The molecule has 3 aliphatic rings. The number of ether oxygens (including phenoxy) is 1. The number of fused-ring (bicyclic) bond motifs is 5. The van der Waals surface area contributed by atoms with Crippen molar-refractivity contribution in [3.8, 4) is 17.1 Å². The Balaban J connectivity index is 1.66. The van der Waals surface area contributed by atoms with Gasteiger partial charge in [0, 0.05) is 35.1 Å². The highest BCUT2D eigenvalue weighted by molar-refractivity contribution is 6.35. The monoisotopic (exact) mass is 507 g/mol. The van der Waals surface area contributed by atoms with Crippen molar-refractivity contribution in [1.29, 1.82) is 0 Å². The van der Waals surface area contributed by atoms with Crippen molar-refractivity contribution in [3.05, 3.63) is 56.1 Å². The lowest BCUT2D eigenvalue weighted by Gasteiger charge is -2.31. The predicted molar refractivity (Wildman–Crippen MR) is 126 cm³/mol. The maximum absolute atomic E-state index is 14.6. The van der Waals surface area contributed by atoms with Gasteiger partial charge in [-0.25, -0.2) is 14.2 Å². The standard InChI is InChI=1S/C26H22FN3O7/c1-3-26(36)14-6-18-21-12(8-30(18)24(34)13(14)9-37-25(26)35)20-16(29-23(33)10(2)31)5-4-11-19(20)17(28-21)7-15(27)22(11)32/h6-7,16,32,36H,3-5,8-9H2,1-2H3,(H,29,33)/t16-,26-/m0/s1. The fraction of sp³-hybridized carbons (Fsp3) is 0.346. The van der Waals surface area contributed by atoms with Gasteiger partial charge in [-0.3, -0.25) is 14.4 Å². The summed E-state index contributed by atoms with van der Waals surface area (Å²) < 4.78 is 21.2. The number of aromatic nitrogens is 2. The summed E-state index contributed by atoms with van der Waals surface area (Å²) in [7, 11) is 0. The molecule has 0 fully saturated rings. The van der Waals surface area contributed by atoms with Crippen LogP contribution in [-0.4, -0.2) is 37.4 Å². The van der Waals surface area contributed by atoms with Gasteiger partial charge in [-0.05, 0) is 30.9 Å². The molecule has 3 N–H and O–H groups in total. The first-order valence-electron chi connectivity index (χ1n) is 11.9. The van der Waals surface area contributed by atoms with Gasteiger partial charge >= 0.3 is 5.97 Å². The Labute approximate surface area is 208 Å². The molecule has 0 spiro atoms. The highest BCUT2D eigenvalue weighted by atomic mass is 19.1. The number of phenolic OH excluding ortho intramolecular Hbond substituents is 1. The Morgan fingerprint density at radius 1 is 1.27 bits per heavy atom. The van der Waals surface area contributed by atoms with E-state index in [2.05, 4.69) is 10.3 Å². The molecule has 190 valence electrons. The predicted octanol–water partition coefficient (Wildman–Crippen LogP) is 1.62. The number of cyclic esters (lactones) is 1. The number of hydrogen-bond donors (Lipinski definition) is 3. The Kier molecular flexibility index (Phi) is 4.84. The van der Waals surface area contributed by atoms with Crippen LogP contribution in [0.25, 0.3) is 22.3 Å². The summed E-state index contributed by atoms with van der Waals surface area (Å²) in [6.45, 7) is 2.52. The number of esters is 1. The number of nitrogens with zero attached hydrogens (tertiary/aromatic N) is 2. The molecule has 37 heavy (non-hydrogen) atoms. The number of aliphatic hydroxyl groups is 1. The van der Waals surface area contributed by atoms with Gasteiger partial charge in [0.05, 0.1) is 35.1 Å². The minimum Gasteiger partial charge on any atom is -0.505 e. The minimum absolute atomic E-state index is 0.0159. The van der Waals surface area contributed by atoms with E-state index in [9.17, 15) is 33.8 Å². The van der Waals surface area contributed by atoms with E-state index in [1.807, 2.05) is 0 Å². The Hall–Kier alpha value is -4.12. The van der Waals surface area contributed by atoms with Crippen molar-refractivity contribution in [2.24, 2.45) is 0 Å². The van der Waals surface area contributed by atoms with Gasteiger partial charge in [-0.1, -0.05) is 6.92 Å². The molecule has 4 heterocycles. The largest absolute Gasteiger partial charge is 0.505 e. The Morgan fingerprint density at radius 3 is 2.73 bits per heavy atom. The van der Waals surface area contributed by atoms with Crippen molar-refractivity contribution in [1.82, 2.24) is 14.9 Å². The van der Waals surface area contributed by atoms with Crippen LogP contribution in [0.2, 0.25) is 0 Å². The van der Waals surface area contributed by atoms with Crippen LogP contribution in [0.1, 0.15) is 60.5 Å². The van der Waals surface area contributed by atoms with Gasteiger partial charge in [0.25, 0.3) is 11.5 Å². The van der Waals surface area contributed by atoms with Crippen LogP contribution >= 0.6 is 0 Å². The smallest absolute Gasteiger partial charge is 0.343 e. The van der Waals surface area contributed by atoms with E-state index >= 15 is 0 Å². The molecule has 2 atom stereocenters. The van der Waals surface area contributed by atoms with Gasteiger partial charge in [0.2, 0.25) is 5.78 Å². The molecule has 0 bridgehead atoms. The van der Waals surface area contributed by atoms with E-state index in [0.29, 0.717) is 33.5 Å². The molecule has 0 saturated carbocycles. The van der Waals surface area contributed by atoms with Crippen LogP contribution in [0.4, 0.5) is 4.39 Å². The summed E-state index contributed by atoms with van der Waals surface area (Å²) in [5.41, 5.74) is 0.171. The number of ketones is 1. The number of halogens is 1. The minimum atomic E-state index is -2.00. The molecule has 3 aromatic rings. The van der Waals surface area contributed by atoms with Gasteiger partial charge < -0.3 is 24.8 Å². The van der Waals surface area contributed by atoms with E-state index in [1.54, 1.807) is 13.0 Å². The topological polar surface area (TPSA) is 148 Å². The maximum atomic E-state index is 14.6. The first-order chi connectivity index (χ1) is 17.6. The number of carbonyl (C=O) groups is 3. The summed E-state index contributed by atoms with van der Waals surface area (Å²) in [6.07, 6.45) is 0.507. The van der Waals surface area contributed by atoms with Crippen LogP contribution in [0.15, 0.2) is 16.9 Å². The molecule has 6 rings (SSSR count). The maximum Gasteiger partial charge on any atom is 0.343 e. The fourth-order valence-corrected chi connectivity index (χ4v) is 5.78. The number of nitrogens with one attached hydrogen (secondary N) is 1. The third kappa shape index (κ3) is 3.03. The average molecular weight is 507 g/mol. The number of pyridine rings is 2. The zero-order valence-corrected chi connectivity index (χ0v) is 20.0. The van der Waals surface area contributed by atoms with Gasteiger partial charge in [0.15, 0.2) is 17.2 Å². The van der Waals surface area contributed by atoms with E-state index in [1.165, 1.54) is 4.57 Å². The second kappa shape index (κ2) is 7.69. The van der Waals surface area contributed by atoms with E-state index in [0.717, 1.165) is 13.0 Å². The Morgan fingerprint density at radius 2 is 2.03 bits per heavy atom. The molecule has 1 aliphatic carbocycles. The van der Waals surface area contributed by atoms with Crippen LogP contribution in [-0.2, 0) is 44.3 Å². The first kappa shape index (κ1) is 23.3. The molecule has 2 aliphatic heterocycles. The molecule has 10 nitrogen and oxygen atoms in total.